The minimum absolute atomic E-state index is 0.855. The summed E-state index contributed by atoms with van der Waals surface area (Å²) in [6.07, 6.45) is 6.15. The molecule has 2 unspecified atom stereocenters. The van der Waals surface area contributed by atoms with Crippen molar-refractivity contribution in [2.45, 2.75) is 25.8 Å². The van der Waals surface area contributed by atoms with Gasteiger partial charge in [0.1, 0.15) is 5.76 Å². The van der Waals surface area contributed by atoms with E-state index in [1.165, 1.54) is 38.9 Å². The van der Waals surface area contributed by atoms with E-state index < -0.39 is 0 Å². The Morgan fingerprint density at radius 1 is 1.29 bits per heavy atom. The maximum Gasteiger partial charge on any atom is 0.117 e. The van der Waals surface area contributed by atoms with Crippen LogP contribution in [0.15, 0.2) is 22.8 Å². The van der Waals surface area contributed by atoms with Crippen molar-refractivity contribution in [3.63, 3.8) is 0 Å². The second-order valence-corrected chi connectivity index (χ2v) is 5.47. The number of hydrogen-bond acceptors (Lipinski definition) is 3. The van der Waals surface area contributed by atoms with E-state index in [2.05, 4.69) is 10.2 Å². The molecule has 0 aromatic carbocycles. The lowest BCUT2D eigenvalue weighted by Crippen LogP contribution is -2.30. The average molecular weight is 234 g/mol. The summed E-state index contributed by atoms with van der Waals surface area (Å²) in [5.41, 5.74) is 0. The van der Waals surface area contributed by atoms with Crippen LogP contribution in [0, 0.1) is 11.8 Å². The summed E-state index contributed by atoms with van der Waals surface area (Å²) in [6, 6.07) is 3.96. The standard InChI is InChI=1S/C14H22N2O/c1-3-12-10-16(11-13(12)4-1)7-6-15-9-14-5-2-8-17-14/h2,5,8,12-13,15H,1,3-4,6-7,9-11H2. The summed E-state index contributed by atoms with van der Waals surface area (Å²) < 4.78 is 5.29. The molecular formula is C14H22N2O. The third kappa shape index (κ3) is 2.72. The maximum absolute atomic E-state index is 5.29. The second kappa shape index (κ2) is 5.23. The summed E-state index contributed by atoms with van der Waals surface area (Å²) in [4.78, 5) is 2.63. The van der Waals surface area contributed by atoms with Gasteiger partial charge in [0.25, 0.3) is 0 Å². The molecule has 3 heteroatoms. The Kier molecular flexibility index (Phi) is 3.48. The number of furan rings is 1. The van der Waals surface area contributed by atoms with E-state index in [0.29, 0.717) is 0 Å². The fourth-order valence-corrected chi connectivity index (χ4v) is 3.38. The van der Waals surface area contributed by atoms with Crippen LogP contribution in [-0.4, -0.2) is 31.1 Å². The van der Waals surface area contributed by atoms with Crippen LogP contribution in [0.1, 0.15) is 25.0 Å². The lowest BCUT2D eigenvalue weighted by molar-refractivity contribution is 0.307. The van der Waals surface area contributed by atoms with E-state index in [1.807, 2.05) is 12.1 Å². The highest BCUT2D eigenvalue weighted by molar-refractivity contribution is 4.97. The van der Waals surface area contributed by atoms with Gasteiger partial charge < -0.3 is 14.6 Å². The van der Waals surface area contributed by atoms with Gasteiger partial charge in [-0.1, -0.05) is 6.42 Å². The third-order valence-electron chi connectivity index (χ3n) is 4.29. The fraction of sp³-hybridized carbons (Fsp3) is 0.714. The molecular weight excluding hydrogens is 212 g/mol. The molecule has 0 radical (unpaired) electrons. The van der Waals surface area contributed by atoms with Gasteiger partial charge in [0.05, 0.1) is 12.8 Å². The van der Waals surface area contributed by atoms with E-state index in [1.54, 1.807) is 6.26 Å². The molecule has 1 aliphatic heterocycles. The number of nitrogens with zero attached hydrogens (tertiary/aromatic N) is 1. The Balaban J connectivity index is 1.33. The van der Waals surface area contributed by atoms with Crippen LogP contribution in [0.3, 0.4) is 0 Å². The Labute approximate surface area is 103 Å². The van der Waals surface area contributed by atoms with Gasteiger partial charge in [-0.15, -0.1) is 0 Å². The van der Waals surface area contributed by atoms with Crippen LogP contribution in [0.5, 0.6) is 0 Å². The highest BCUT2D eigenvalue weighted by Crippen LogP contribution is 2.37. The highest BCUT2D eigenvalue weighted by atomic mass is 16.3. The Bertz CT molecular complexity index is 324. The van der Waals surface area contributed by atoms with Crippen LogP contribution in [-0.2, 0) is 6.54 Å². The van der Waals surface area contributed by atoms with Gasteiger partial charge in [-0.3, -0.25) is 0 Å². The Morgan fingerprint density at radius 3 is 2.82 bits per heavy atom. The van der Waals surface area contributed by atoms with Crippen LogP contribution < -0.4 is 5.32 Å². The first kappa shape index (κ1) is 11.3. The van der Waals surface area contributed by atoms with E-state index in [0.717, 1.165) is 30.7 Å². The molecule has 2 heterocycles. The molecule has 2 aliphatic rings. The van der Waals surface area contributed by atoms with Crippen LogP contribution in [0.4, 0.5) is 0 Å². The molecule has 1 aromatic heterocycles. The van der Waals surface area contributed by atoms with Gasteiger partial charge in [0, 0.05) is 26.2 Å². The molecule has 3 nitrogen and oxygen atoms in total. The van der Waals surface area contributed by atoms with E-state index >= 15 is 0 Å². The molecule has 1 saturated carbocycles. The van der Waals surface area contributed by atoms with Gasteiger partial charge in [-0.05, 0) is 36.8 Å². The molecule has 1 aromatic rings. The summed E-state index contributed by atoms with van der Waals surface area (Å²) in [5.74, 6) is 3.06. The number of hydrogen-bond donors (Lipinski definition) is 1. The fourth-order valence-electron chi connectivity index (χ4n) is 3.38. The van der Waals surface area contributed by atoms with Crippen molar-refractivity contribution in [2.75, 3.05) is 26.2 Å². The molecule has 0 amide bonds. The zero-order valence-electron chi connectivity index (χ0n) is 10.4. The van der Waals surface area contributed by atoms with Crippen LogP contribution >= 0.6 is 0 Å². The zero-order valence-corrected chi connectivity index (χ0v) is 10.4. The molecule has 17 heavy (non-hydrogen) atoms. The SMILES string of the molecule is c1coc(CNCCN2CC3CCCC3C2)c1. The smallest absolute Gasteiger partial charge is 0.117 e. The van der Waals surface area contributed by atoms with Gasteiger partial charge in [-0.2, -0.15) is 0 Å². The summed E-state index contributed by atoms with van der Waals surface area (Å²) in [5, 5.41) is 3.44. The van der Waals surface area contributed by atoms with Crippen molar-refractivity contribution in [3.05, 3.63) is 24.2 Å². The normalized spacial score (nSPS) is 28.7. The molecule has 0 spiro atoms. The number of fused-ring (bicyclic) bond motifs is 1. The molecule has 3 rings (SSSR count). The minimum atomic E-state index is 0.855. The largest absolute Gasteiger partial charge is 0.468 e. The van der Waals surface area contributed by atoms with Crippen LogP contribution in [0.2, 0.25) is 0 Å². The van der Waals surface area contributed by atoms with Crippen molar-refractivity contribution in [3.8, 4) is 0 Å². The first-order chi connectivity index (χ1) is 8.42. The van der Waals surface area contributed by atoms with Gasteiger partial charge in [-0.25, -0.2) is 0 Å². The molecule has 0 bridgehead atoms. The minimum Gasteiger partial charge on any atom is -0.468 e. The van der Waals surface area contributed by atoms with Gasteiger partial charge in [0.2, 0.25) is 0 Å². The van der Waals surface area contributed by atoms with Gasteiger partial charge >= 0.3 is 0 Å². The topological polar surface area (TPSA) is 28.4 Å². The number of nitrogens with one attached hydrogen (secondary N) is 1. The lowest BCUT2D eigenvalue weighted by atomic mass is 10.0. The molecule has 1 N–H and O–H groups in total. The Hall–Kier alpha value is -0.800. The van der Waals surface area contributed by atoms with Crippen molar-refractivity contribution in [1.29, 1.82) is 0 Å². The predicted molar refractivity (Wildman–Crippen MR) is 67.7 cm³/mol. The molecule has 94 valence electrons. The molecule has 1 aliphatic carbocycles. The molecule has 2 fully saturated rings. The monoisotopic (exact) mass is 234 g/mol. The molecule has 2 atom stereocenters. The van der Waals surface area contributed by atoms with E-state index in [-0.39, 0.29) is 0 Å². The zero-order chi connectivity index (χ0) is 11.5. The summed E-state index contributed by atoms with van der Waals surface area (Å²) >= 11 is 0. The average Bonchev–Trinajstić information content (AvgIpc) is 3.00. The van der Waals surface area contributed by atoms with Gasteiger partial charge in [0.15, 0.2) is 0 Å². The first-order valence-electron chi connectivity index (χ1n) is 6.87. The van der Waals surface area contributed by atoms with Crippen molar-refractivity contribution in [1.82, 2.24) is 10.2 Å². The molecule has 1 saturated heterocycles. The predicted octanol–water partition coefficient (Wildman–Crippen LogP) is 2.10. The van der Waals surface area contributed by atoms with Crippen molar-refractivity contribution >= 4 is 0 Å². The second-order valence-electron chi connectivity index (χ2n) is 5.47. The summed E-state index contributed by atoms with van der Waals surface area (Å²) in [7, 11) is 0. The summed E-state index contributed by atoms with van der Waals surface area (Å²) in [6.45, 7) is 5.79. The highest BCUT2D eigenvalue weighted by Gasteiger charge is 2.35. The lowest BCUT2D eigenvalue weighted by Gasteiger charge is -2.16. The maximum atomic E-state index is 5.29. The number of likely N-dealkylation sites (tertiary alicyclic amines) is 1. The van der Waals surface area contributed by atoms with E-state index in [9.17, 15) is 0 Å². The quantitative estimate of drug-likeness (QED) is 0.791. The van der Waals surface area contributed by atoms with Crippen molar-refractivity contribution < 1.29 is 4.42 Å². The number of rotatable bonds is 5. The van der Waals surface area contributed by atoms with Crippen LogP contribution in [0.25, 0.3) is 0 Å². The third-order valence-corrected chi connectivity index (χ3v) is 4.29. The first-order valence-corrected chi connectivity index (χ1v) is 6.87. The Morgan fingerprint density at radius 2 is 2.12 bits per heavy atom. The van der Waals surface area contributed by atoms with E-state index in [4.69, 9.17) is 4.42 Å². The van der Waals surface area contributed by atoms with Crippen molar-refractivity contribution in [2.24, 2.45) is 11.8 Å².